The van der Waals surface area contributed by atoms with Crippen LogP contribution in [0.1, 0.15) is 58.8 Å². The normalized spacial score (nSPS) is 32.1. The van der Waals surface area contributed by atoms with Crippen LogP contribution in [0.4, 0.5) is 0 Å². The van der Waals surface area contributed by atoms with Gasteiger partial charge in [0.1, 0.15) is 6.04 Å². The van der Waals surface area contributed by atoms with Crippen LogP contribution in [0.3, 0.4) is 0 Å². The van der Waals surface area contributed by atoms with Crippen LogP contribution in [0.5, 0.6) is 0 Å². The van der Waals surface area contributed by atoms with Gasteiger partial charge < -0.3 is 15.7 Å². The van der Waals surface area contributed by atoms with Crippen molar-refractivity contribution in [3.05, 3.63) is 0 Å². The molecule has 5 heteroatoms. The van der Waals surface area contributed by atoms with Crippen LogP contribution in [0.15, 0.2) is 0 Å². The summed E-state index contributed by atoms with van der Waals surface area (Å²) < 4.78 is 0. The first-order valence-electron chi connectivity index (χ1n) is 8.20. The van der Waals surface area contributed by atoms with Crippen molar-refractivity contribution in [1.82, 2.24) is 4.90 Å². The molecule has 4 unspecified atom stereocenters. The SMILES string of the molecule is CCC(C)(CN)C(=O)N1C(C(=O)O)CCC2CCCCC21. The van der Waals surface area contributed by atoms with Crippen LogP contribution in [-0.4, -0.2) is 40.5 Å². The van der Waals surface area contributed by atoms with Crippen molar-refractivity contribution in [3.8, 4) is 0 Å². The molecule has 3 N–H and O–H groups in total. The molecule has 1 saturated carbocycles. The fourth-order valence-corrected chi connectivity index (χ4v) is 3.86. The van der Waals surface area contributed by atoms with Crippen molar-refractivity contribution in [2.24, 2.45) is 17.1 Å². The van der Waals surface area contributed by atoms with Crippen LogP contribution in [0.2, 0.25) is 0 Å². The summed E-state index contributed by atoms with van der Waals surface area (Å²) in [5.41, 5.74) is 5.17. The highest BCUT2D eigenvalue weighted by Crippen LogP contribution is 2.40. The van der Waals surface area contributed by atoms with E-state index in [1.165, 1.54) is 6.42 Å². The lowest BCUT2D eigenvalue weighted by Gasteiger charge is -2.49. The van der Waals surface area contributed by atoms with Crippen molar-refractivity contribution in [2.75, 3.05) is 6.54 Å². The zero-order chi connectivity index (χ0) is 15.6. The largest absolute Gasteiger partial charge is 0.480 e. The van der Waals surface area contributed by atoms with Gasteiger partial charge in [-0.2, -0.15) is 0 Å². The molecule has 0 bridgehead atoms. The Morgan fingerprint density at radius 1 is 1.24 bits per heavy atom. The van der Waals surface area contributed by atoms with E-state index in [9.17, 15) is 14.7 Å². The van der Waals surface area contributed by atoms with Gasteiger partial charge in [-0.1, -0.05) is 19.8 Å². The van der Waals surface area contributed by atoms with E-state index in [1.54, 1.807) is 4.90 Å². The highest BCUT2D eigenvalue weighted by molar-refractivity contribution is 5.88. The zero-order valence-electron chi connectivity index (χ0n) is 13.2. The maximum atomic E-state index is 13.0. The van der Waals surface area contributed by atoms with Crippen LogP contribution < -0.4 is 5.73 Å². The Hall–Kier alpha value is -1.10. The first-order chi connectivity index (χ1) is 9.94. The predicted octanol–water partition coefficient (Wildman–Crippen LogP) is 2.00. The van der Waals surface area contributed by atoms with Crippen molar-refractivity contribution in [2.45, 2.75) is 70.9 Å². The molecule has 2 rings (SSSR count). The second kappa shape index (κ2) is 6.34. The maximum Gasteiger partial charge on any atom is 0.326 e. The molecule has 1 amide bonds. The van der Waals surface area contributed by atoms with Gasteiger partial charge in [0.25, 0.3) is 0 Å². The standard InChI is InChI=1S/C16H28N2O3/c1-3-16(2,10-17)15(21)18-12-7-5-4-6-11(12)8-9-13(18)14(19)20/h11-13H,3-10,17H2,1-2H3,(H,19,20). The van der Waals surface area contributed by atoms with Crippen molar-refractivity contribution >= 4 is 11.9 Å². The van der Waals surface area contributed by atoms with Crippen LogP contribution in [0, 0.1) is 11.3 Å². The summed E-state index contributed by atoms with van der Waals surface area (Å²) in [4.78, 5) is 26.4. The molecule has 2 fully saturated rings. The summed E-state index contributed by atoms with van der Waals surface area (Å²) in [7, 11) is 0. The van der Waals surface area contributed by atoms with Gasteiger partial charge in [0.05, 0.1) is 5.41 Å². The fourth-order valence-electron chi connectivity index (χ4n) is 3.86. The summed E-state index contributed by atoms with van der Waals surface area (Å²) >= 11 is 0. The Kier molecular flexibility index (Phi) is 4.91. The minimum atomic E-state index is -0.872. The third-order valence-corrected chi connectivity index (χ3v) is 5.64. The molecule has 21 heavy (non-hydrogen) atoms. The Bertz CT molecular complexity index is 406. The number of hydrogen-bond donors (Lipinski definition) is 2. The van der Waals surface area contributed by atoms with Crippen molar-refractivity contribution < 1.29 is 14.7 Å². The lowest BCUT2D eigenvalue weighted by atomic mass is 9.74. The van der Waals surface area contributed by atoms with Crippen molar-refractivity contribution in [1.29, 1.82) is 0 Å². The fraction of sp³-hybridized carbons (Fsp3) is 0.875. The minimum Gasteiger partial charge on any atom is -0.480 e. The lowest BCUT2D eigenvalue weighted by Crippen LogP contribution is -2.61. The summed E-state index contributed by atoms with van der Waals surface area (Å²) in [5.74, 6) is -0.462. The Morgan fingerprint density at radius 2 is 1.90 bits per heavy atom. The third kappa shape index (κ3) is 2.93. The minimum absolute atomic E-state index is 0.0588. The van der Waals surface area contributed by atoms with Gasteiger partial charge in [-0.25, -0.2) is 4.79 Å². The Labute approximate surface area is 126 Å². The van der Waals surface area contributed by atoms with E-state index in [2.05, 4.69) is 0 Å². The number of hydrogen-bond acceptors (Lipinski definition) is 3. The number of piperidine rings is 1. The molecular weight excluding hydrogens is 268 g/mol. The Balaban J connectivity index is 2.32. The quantitative estimate of drug-likeness (QED) is 0.831. The van der Waals surface area contributed by atoms with E-state index in [0.29, 0.717) is 18.8 Å². The van der Waals surface area contributed by atoms with E-state index in [1.807, 2.05) is 13.8 Å². The number of carbonyl (C=O) groups excluding carboxylic acids is 1. The summed E-state index contributed by atoms with van der Waals surface area (Å²) in [6.45, 7) is 4.08. The molecule has 0 aromatic rings. The molecule has 5 nitrogen and oxygen atoms in total. The predicted molar refractivity (Wildman–Crippen MR) is 80.7 cm³/mol. The second-order valence-corrected chi connectivity index (χ2v) is 6.87. The summed E-state index contributed by atoms with van der Waals surface area (Å²) in [6, 6.07) is -0.576. The molecule has 0 radical (unpaired) electrons. The topological polar surface area (TPSA) is 83.6 Å². The van der Waals surface area contributed by atoms with Gasteiger partial charge in [-0.15, -0.1) is 0 Å². The molecular formula is C16H28N2O3. The van der Waals surface area contributed by atoms with E-state index >= 15 is 0 Å². The molecule has 0 spiro atoms. The van der Waals surface area contributed by atoms with Crippen LogP contribution in [0.25, 0.3) is 0 Å². The number of carboxylic acids is 1. The number of aliphatic carboxylic acids is 1. The zero-order valence-corrected chi connectivity index (χ0v) is 13.2. The number of nitrogens with zero attached hydrogens (tertiary/aromatic N) is 1. The molecule has 1 aliphatic carbocycles. The van der Waals surface area contributed by atoms with E-state index < -0.39 is 17.4 Å². The van der Waals surface area contributed by atoms with Crippen molar-refractivity contribution in [3.63, 3.8) is 0 Å². The van der Waals surface area contributed by atoms with Gasteiger partial charge in [0.15, 0.2) is 0 Å². The molecule has 1 aliphatic heterocycles. The van der Waals surface area contributed by atoms with E-state index in [4.69, 9.17) is 5.73 Å². The molecule has 1 saturated heterocycles. The summed E-state index contributed by atoms with van der Waals surface area (Å²) in [5, 5.41) is 9.53. The van der Waals surface area contributed by atoms with E-state index in [0.717, 1.165) is 25.7 Å². The number of carboxylic acid groups (broad SMARTS) is 1. The van der Waals surface area contributed by atoms with Gasteiger partial charge in [0, 0.05) is 12.6 Å². The molecule has 0 aromatic carbocycles. The molecule has 1 heterocycles. The van der Waals surface area contributed by atoms with Crippen LogP contribution >= 0.6 is 0 Å². The molecule has 0 aromatic heterocycles. The highest BCUT2D eigenvalue weighted by atomic mass is 16.4. The van der Waals surface area contributed by atoms with Gasteiger partial charge >= 0.3 is 5.97 Å². The van der Waals surface area contributed by atoms with Gasteiger partial charge in [-0.3, -0.25) is 4.79 Å². The van der Waals surface area contributed by atoms with Gasteiger partial charge in [0.2, 0.25) is 5.91 Å². The Morgan fingerprint density at radius 3 is 2.48 bits per heavy atom. The maximum absolute atomic E-state index is 13.0. The summed E-state index contributed by atoms with van der Waals surface area (Å²) in [6.07, 6.45) is 6.48. The number of rotatable bonds is 4. The average Bonchev–Trinajstić information content (AvgIpc) is 2.52. The monoisotopic (exact) mass is 296 g/mol. The van der Waals surface area contributed by atoms with Crippen LogP contribution in [-0.2, 0) is 9.59 Å². The number of carbonyl (C=O) groups is 2. The first kappa shape index (κ1) is 16.3. The number of likely N-dealkylation sites (tertiary alicyclic amines) is 1. The van der Waals surface area contributed by atoms with E-state index in [-0.39, 0.29) is 18.5 Å². The smallest absolute Gasteiger partial charge is 0.326 e. The average molecular weight is 296 g/mol. The molecule has 4 atom stereocenters. The lowest BCUT2D eigenvalue weighted by molar-refractivity contribution is -0.163. The molecule has 2 aliphatic rings. The number of nitrogens with two attached hydrogens (primary N) is 1. The second-order valence-electron chi connectivity index (χ2n) is 6.87. The molecule has 120 valence electrons. The highest BCUT2D eigenvalue weighted by Gasteiger charge is 2.47. The number of amides is 1. The van der Waals surface area contributed by atoms with Gasteiger partial charge in [-0.05, 0) is 44.9 Å². The number of fused-ring (bicyclic) bond motifs is 1. The first-order valence-corrected chi connectivity index (χ1v) is 8.20. The third-order valence-electron chi connectivity index (χ3n) is 5.64.